The quantitative estimate of drug-likeness (QED) is 0.424. The van der Waals surface area contributed by atoms with Crippen molar-refractivity contribution < 1.29 is 29.1 Å². The van der Waals surface area contributed by atoms with Crippen LogP contribution in [-0.2, 0) is 9.59 Å². The molecule has 2 amide bonds. The highest BCUT2D eigenvalue weighted by Crippen LogP contribution is 2.22. The average Bonchev–Trinajstić information content (AvgIpc) is 3.28. The number of carbonyl (C=O) groups excluding carboxylic acids is 2. The van der Waals surface area contributed by atoms with E-state index in [1.807, 2.05) is 0 Å². The Hall–Kier alpha value is -3.98. The lowest BCUT2D eigenvalue weighted by molar-refractivity contribution is -0.140. The van der Waals surface area contributed by atoms with Crippen LogP contribution >= 0.6 is 0 Å². The fraction of sp³-hybridized carbons (Fsp3) is 0.217. The van der Waals surface area contributed by atoms with E-state index in [1.54, 1.807) is 68.4 Å². The van der Waals surface area contributed by atoms with Gasteiger partial charge >= 0.3 is 5.97 Å². The average molecular weight is 437 g/mol. The van der Waals surface area contributed by atoms with E-state index in [0.29, 0.717) is 22.5 Å². The first kappa shape index (κ1) is 22.7. The Morgan fingerprint density at radius 1 is 1.00 bits per heavy atom. The lowest BCUT2D eigenvalue weighted by Gasteiger charge is -2.16. The molecule has 0 saturated carbocycles. The number of aliphatic carboxylic acids is 1. The molecular formula is C23H23N3O6. The number of anilines is 1. The topological polar surface area (TPSA) is 142 Å². The van der Waals surface area contributed by atoms with Crippen molar-refractivity contribution in [2.24, 2.45) is 5.92 Å². The Bertz CT molecular complexity index is 1090. The van der Waals surface area contributed by atoms with Gasteiger partial charge in [0.1, 0.15) is 11.7 Å². The van der Waals surface area contributed by atoms with E-state index >= 15 is 0 Å². The molecule has 0 radical (unpaired) electrons. The molecule has 0 fully saturated rings. The van der Waals surface area contributed by atoms with Crippen LogP contribution in [0.25, 0.3) is 11.3 Å². The monoisotopic (exact) mass is 437 g/mol. The van der Waals surface area contributed by atoms with Gasteiger partial charge in [-0.15, -0.1) is 0 Å². The number of nitrogens with one attached hydrogen (secondary N) is 2. The summed E-state index contributed by atoms with van der Waals surface area (Å²) in [4.78, 5) is 35.8. The standard InChI is InChI=1S/C23H23N3O6/c1-13(2)19(23(30)31)25-21(28)18-12-17(26-32-18)14-8-10-16(11-9-14)24-22(29)20(27)15-6-4-3-5-7-15/h3-13,19-20,27H,1-2H3,(H,24,29)(H,25,28)(H,30,31). The molecular weight excluding hydrogens is 414 g/mol. The molecule has 9 heteroatoms. The zero-order valence-corrected chi connectivity index (χ0v) is 17.5. The van der Waals surface area contributed by atoms with Crippen LogP contribution in [-0.4, -0.2) is 39.2 Å². The van der Waals surface area contributed by atoms with Crippen molar-refractivity contribution >= 4 is 23.5 Å². The first-order valence-corrected chi connectivity index (χ1v) is 9.91. The van der Waals surface area contributed by atoms with Crippen molar-refractivity contribution in [3.8, 4) is 11.3 Å². The fourth-order valence-corrected chi connectivity index (χ4v) is 2.97. The second kappa shape index (κ2) is 9.88. The zero-order valence-electron chi connectivity index (χ0n) is 17.5. The molecule has 0 aliphatic heterocycles. The number of amides is 2. The number of nitrogens with zero attached hydrogens (tertiary/aromatic N) is 1. The normalized spacial score (nSPS) is 12.8. The third kappa shape index (κ3) is 5.38. The summed E-state index contributed by atoms with van der Waals surface area (Å²) in [5.74, 6) is -2.80. The van der Waals surface area contributed by atoms with E-state index in [4.69, 9.17) is 4.52 Å². The van der Waals surface area contributed by atoms with E-state index in [-0.39, 0.29) is 11.7 Å². The van der Waals surface area contributed by atoms with Gasteiger partial charge in [0, 0.05) is 17.3 Å². The van der Waals surface area contributed by atoms with Gasteiger partial charge < -0.3 is 25.4 Å². The van der Waals surface area contributed by atoms with E-state index in [2.05, 4.69) is 15.8 Å². The maximum atomic E-state index is 12.3. The molecule has 0 bridgehead atoms. The summed E-state index contributed by atoms with van der Waals surface area (Å²) < 4.78 is 5.06. The van der Waals surface area contributed by atoms with Gasteiger partial charge in [-0.2, -0.15) is 0 Å². The molecule has 9 nitrogen and oxygen atoms in total. The molecule has 0 saturated heterocycles. The smallest absolute Gasteiger partial charge is 0.326 e. The van der Waals surface area contributed by atoms with Gasteiger partial charge in [0.25, 0.3) is 11.8 Å². The fourth-order valence-electron chi connectivity index (χ4n) is 2.97. The lowest BCUT2D eigenvalue weighted by atomic mass is 10.0. The van der Waals surface area contributed by atoms with Crippen molar-refractivity contribution in [2.75, 3.05) is 5.32 Å². The molecule has 0 aliphatic rings. The van der Waals surface area contributed by atoms with E-state index < -0.39 is 29.9 Å². The van der Waals surface area contributed by atoms with Gasteiger partial charge in [-0.3, -0.25) is 9.59 Å². The minimum atomic E-state index is -1.30. The van der Waals surface area contributed by atoms with E-state index in [1.165, 1.54) is 6.07 Å². The van der Waals surface area contributed by atoms with Gasteiger partial charge in [0.2, 0.25) is 5.76 Å². The lowest BCUT2D eigenvalue weighted by Crippen LogP contribution is -2.44. The number of aromatic nitrogens is 1. The molecule has 1 aromatic heterocycles. The molecule has 1 heterocycles. The minimum absolute atomic E-state index is 0.115. The molecule has 2 atom stereocenters. The Morgan fingerprint density at radius 2 is 1.66 bits per heavy atom. The van der Waals surface area contributed by atoms with Crippen molar-refractivity contribution in [1.29, 1.82) is 0 Å². The summed E-state index contributed by atoms with van der Waals surface area (Å²) in [5.41, 5.74) is 1.94. The van der Waals surface area contributed by atoms with Crippen LogP contribution in [0.3, 0.4) is 0 Å². The number of hydrogen-bond donors (Lipinski definition) is 4. The van der Waals surface area contributed by atoms with Crippen molar-refractivity contribution in [3.63, 3.8) is 0 Å². The number of rotatable bonds is 8. The molecule has 0 aliphatic carbocycles. The highest BCUT2D eigenvalue weighted by Gasteiger charge is 2.26. The molecule has 3 aromatic rings. The number of aliphatic hydroxyl groups is 1. The van der Waals surface area contributed by atoms with Gasteiger partial charge in [-0.05, 0) is 23.6 Å². The summed E-state index contributed by atoms with van der Waals surface area (Å²) in [5, 5.41) is 28.3. The molecule has 2 unspecified atom stereocenters. The van der Waals surface area contributed by atoms with Crippen LogP contribution < -0.4 is 10.6 Å². The number of carbonyl (C=O) groups is 3. The Labute approximate surface area is 184 Å². The molecule has 32 heavy (non-hydrogen) atoms. The number of carboxylic acids is 1. The van der Waals surface area contributed by atoms with E-state index in [0.717, 1.165) is 0 Å². The second-order valence-electron chi connectivity index (χ2n) is 7.49. The molecule has 166 valence electrons. The summed E-state index contributed by atoms with van der Waals surface area (Å²) in [6, 6.07) is 15.5. The first-order chi connectivity index (χ1) is 15.3. The predicted octanol–water partition coefficient (Wildman–Crippen LogP) is 2.85. The molecule has 2 aromatic carbocycles. The maximum absolute atomic E-state index is 12.3. The summed E-state index contributed by atoms with van der Waals surface area (Å²) >= 11 is 0. The van der Waals surface area contributed by atoms with Gasteiger partial charge in [0.15, 0.2) is 6.10 Å². The van der Waals surface area contributed by atoms with Crippen LogP contribution in [0.5, 0.6) is 0 Å². The third-order valence-electron chi connectivity index (χ3n) is 4.77. The van der Waals surface area contributed by atoms with Crippen molar-refractivity contribution in [1.82, 2.24) is 10.5 Å². The Balaban J connectivity index is 1.65. The number of hydrogen-bond acceptors (Lipinski definition) is 6. The highest BCUT2D eigenvalue weighted by atomic mass is 16.5. The van der Waals surface area contributed by atoms with Gasteiger partial charge in [0.05, 0.1) is 0 Å². The van der Waals surface area contributed by atoms with Crippen LogP contribution in [0.15, 0.2) is 65.2 Å². The third-order valence-corrected chi connectivity index (χ3v) is 4.77. The SMILES string of the molecule is CC(C)C(NC(=O)c1cc(-c2ccc(NC(=O)C(O)c3ccccc3)cc2)no1)C(=O)O. The number of carboxylic acid groups (broad SMARTS) is 1. The Morgan fingerprint density at radius 3 is 2.25 bits per heavy atom. The number of benzene rings is 2. The summed E-state index contributed by atoms with van der Waals surface area (Å²) in [6.45, 7) is 3.37. The Kier molecular flexibility index (Phi) is 7.01. The van der Waals surface area contributed by atoms with Crippen LogP contribution in [0, 0.1) is 5.92 Å². The van der Waals surface area contributed by atoms with Gasteiger partial charge in [-0.1, -0.05) is 61.5 Å². The largest absolute Gasteiger partial charge is 0.480 e. The van der Waals surface area contributed by atoms with Crippen molar-refractivity contribution in [2.45, 2.75) is 26.0 Å². The summed E-state index contributed by atoms with van der Waals surface area (Å²) in [7, 11) is 0. The minimum Gasteiger partial charge on any atom is -0.480 e. The number of aliphatic hydroxyl groups excluding tert-OH is 1. The molecule has 3 rings (SSSR count). The van der Waals surface area contributed by atoms with Crippen LogP contribution in [0.2, 0.25) is 0 Å². The second-order valence-corrected chi connectivity index (χ2v) is 7.49. The van der Waals surface area contributed by atoms with Gasteiger partial charge in [-0.25, -0.2) is 4.79 Å². The highest BCUT2D eigenvalue weighted by molar-refractivity contribution is 5.96. The summed E-state index contributed by atoms with van der Waals surface area (Å²) in [6.07, 6.45) is -1.30. The maximum Gasteiger partial charge on any atom is 0.326 e. The van der Waals surface area contributed by atoms with E-state index in [9.17, 15) is 24.6 Å². The molecule has 4 N–H and O–H groups in total. The van der Waals surface area contributed by atoms with Crippen LogP contribution in [0.1, 0.15) is 36.1 Å². The van der Waals surface area contributed by atoms with Crippen molar-refractivity contribution in [3.05, 3.63) is 72.0 Å². The van der Waals surface area contributed by atoms with Crippen LogP contribution in [0.4, 0.5) is 5.69 Å². The molecule has 0 spiro atoms. The first-order valence-electron chi connectivity index (χ1n) is 9.91. The zero-order chi connectivity index (χ0) is 23.3. The predicted molar refractivity (Wildman–Crippen MR) is 116 cm³/mol.